The number of nitrogens with zero attached hydrogens (tertiary/aromatic N) is 2. The van der Waals surface area contributed by atoms with E-state index in [0.29, 0.717) is 24.1 Å². The number of aliphatic carboxylic acids is 1. The van der Waals surface area contributed by atoms with Crippen LogP contribution in [0.2, 0.25) is 0 Å². The van der Waals surface area contributed by atoms with Gasteiger partial charge in [-0.1, -0.05) is 13.8 Å². The van der Waals surface area contributed by atoms with Gasteiger partial charge in [-0.25, -0.2) is 4.98 Å². The number of rotatable bonds is 6. The van der Waals surface area contributed by atoms with Gasteiger partial charge in [0.05, 0.1) is 16.7 Å². The molecule has 1 rings (SSSR count). The van der Waals surface area contributed by atoms with Crippen LogP contribution in [0.3, 0.4) is 0 Å². The Hall–Kier alpha value is -2.42. The Morgan fingerprint density at radius 2 is 2.00 bits per heavy atom. The van der Waals surface area contributed by atoms with Crippen molar-refractivity contribution in [3.63, 3.8) is 0 Å². The Morgan fingerprint density at radius 1 is 1.38 bits per heavy atom. The molecule has 1 aromatic rings. The van der Waals surface area contributed by atoms with Crippen molar-refractivity contribution in [2.75, 3.05) is 6.54 Å². The van der Waals surface area contributed by atoms with Crippen molar-refractivity contribution in [3.8, 4) is 6.07 Å². The van der Waals surface area contributed by atoms with Gasteiger partial charge in [-0.05, 0) is 31.9 Å². The highest BCUT2D eigenvalue weighted by atomic mass is 16.4. The van der Waals surface area contributed by atoms with Crippen LogP contribution in [0.1, 0.15) is 48.4 Å². The van der Waals surface area contributed by atoms with Crippen molar-refractivity contribution in [1.82, 2.24) is 10.3 Å². The molecule has 0 bridgehead atoms. The number of carbonyl (C=O) groups is 2. The summed E-state index contributed by atoms with van der Waals surface area (Å²) in [5.41, 5.74) is 0.101. The average Bonchev–Trinajstić information content (AvgIpc) is 2.48. The largest absolute Gasteiger partial charge is 0.481 e. The molecule has 0 aromatic carbocycles. The molecule has 21 heavy (non-hydrogen) atoms. The minimum Gasteiger partial charge on any atom is -0.481 e. The van der Waals surface area contributed by atoms with Gasteiger partial charge in [0.1, 0.15) is 11.8 Å². The number of hydrogen-bond acceptors (Lipinski definition) is 4. The molecule has 1 aromatic heterocycles. The number of aromatic nitrogens is 1. The second kappa shape index (κ2) is 6.84. The quantitative estimate of drug-likeness (QED) is 0.832. The van der Waals surface area contributed by atoms with E-state index in [9.17, 15) is 14.7 Å². The number of nitrogens with one attached hydrogen (secondary N) is 1. The first-order chi connectivity index (χ1) is 9.90. The lowest BCUT2D eigenvalue weighted by molar-refractivity contribution is -0.149. The van der Waals surface area contributed by atoms with E-state index in [0.717, 1.165) is 0 Å². The Bertz CT molecular complexity index is 586. The smallest absolute Gasteiger partial charge is 0.311 e. The van der Waals surface area contributed by atoms with Crippen molar-refractivity contribution < 1.29 is 14.7 Å². The predicted molar refractivity (Wildman–Crippen MR) is 76.7 cm³/mol. The summed E-state index contributed by atoms with van der Waals surface area (Å²) in [6.45, 7) is 5.27. The fraction of sp³-hybridized carbons (Fsp3) is 0.467. The maximum absolute atomic E-state index is 12.0. The highest BCUT2D eigenvalue weighted by Crippen LogP contribution is 2.25. The Labute approximate surface area is 123 Å². The van der Waals surface area contributed by atoms with Crippen molar-refractivity contribution >= 4 is 11.9 Å². The van der Waals surface area contributed by atoms with Crippen molar-refractivity contribution in [3.05, 3.63) is 29.1 Å². The van der Waals surface area contributed by atoms with Gasteiger partial charge in [-0.15, -0.1) is 0 Å². The average molecular weight is 289 g/mol. The van der Waals surface area contributed by atoms with Crippen LogP contribution in [0.25, 0.3) is 0 Å². The first-order valence-electron chi connectivity index (χ1n) is 6.79. The first-order valence-corrected chi connectivity index (χ1v) is 6.79. The minimum absolute atomic E-state index is 0.0505. The molecule has 0 atom stereocenters. The standard InChI is InChI=1S/C15H19N3O3/c1-4-15(5-2,14(20)21)9-17-13(19)12-7-6-11(8-16)10(3)18-12/h6-7H,4-5,9H2,1-3H3,(H,17,19)(H,20,21). The molecule has 1 heterocycles. The number of pyridine rings is 1. The molecule has 0 aliphatic rings. The van der Waals surface area contributed by atoms with Crippen LogP contribution < -0.4 is 5.32 Å². The predicted octanol–water partition coefficient (Wildman–Crippen LogP) is 1.88. The van der Waals surface area contributed by atoms with E-state index in [1.165, 1.54) is 12.1 Å². The van der Waals surface area contributed by atoms with E-state index >= 15 is 0 Å². The second-order valence-electron chi connectivity index (χ2n) is 4.92. The van der Waals surface area contributed by atoms with Crippen LogP contribution in [-0.4, -0.2) is 28.5 Å². The monoisotopic (exact) mass is 289 g/mol. The molecule has 0 aliphatic heterocycles. The van der Waals surface area contributed by atoms with Gasteiger partial charge in [0.25, 0.3) is 5.91 Å². The minimum atomic E-state index is -0.961. The fourth-order valence-electron chi connectivity index (χ4n) is 2.02. The molecule has 2 N–H and O–H groups in total. The van der Waals surface area contributed by atoms with E-state index in [1.807, 2.05) is 6.07 Å². The first kappa shape index (κ1) is 16.6. The molecule has 0 spiro atoms. The van der Waals surface area contributed by atoms with Gasteiger partial charge in [0.2, 0.25) is 0 Å². The van der Waals surface area contributed by atoms with Crippen molar-refractivity contribution in [2.45, 2.75) is 33.6 Å². The van der Waals surface area contributed by atoms with Crippen LogP contribution in [0.4, 0.5) is 0 Å². The molecule has 6 heteroatoms. The van der Waals surface area contributed by atoms with Gasteiger partial charge in [0, 0.05) is 6.54 Å². The summed E-state index contributed by atoms with van der Waals surface area (Å²) in [7, 11) is 0. The molecule has 0 saturated carbocycles. The van der Waals surface area contributed by atoms with Crippen LogP contribution in [-0.2, 0) is 4.79 Å². The zero-order valence-electron chi connectivity index (χ0n) is 12.4. The molecule has 0 unspecified atom stereocenters. The van der Waals surface area contributed by atoms with E-state index in [4.69, 9.17) is 5.26 Å². The summed E-state index contributed by atoms with van der Waals surface area (Å²) in [4.78, 5) is 27.5. The summed E-state index contributed by atoms with van der Waals surface area (Å²) in [6.07, 6.45) is 0.859. The third kappa shape index (κ3) is 3.57. The molecule has 1 amide bonds. The second-order valence-corrected chi connectivity index (χ2v) is 4.92. The summed E-state index contributed by atoms with van der Waals surface area (Å²) >= 11 is 0. The normalized spacial score (nSPS) is 10.8. The summed E-state index contributed by atoms with van der Waals surface area (Å²) < 4.78 is 0. The van der Waals surface area contributed by atoms with Crippen molar-refractivity contribution in [2.24, 2.45) is 5.41 Å². The molecule has 0 saturated heterocycles. The maximum atomic E-state index is 12.0. The molecular weight excluding hydrogens is 270 g/mol. The number of carboxylic acids is 1. The molecule has 112 valence electrons. The molecule has 0 aliphatic carbocycles. The summed E-state index contributed by atoms with van der Waals surface area (Å²) in [6, 6.07) is 4.97. The van der Waals surface area contributed by atoms with Crippen LogP contribution in [0.15, 0.2) is 12.1 Å². The van der Waals surface area contributed by atoms with E-state index in [1.54, 1.807) is 20.8 Å². The number of carboxylic acid groups (broad SMARTS) is 1. The van der Waals surface area contributed by atoms with Gasteiger partial charge >= 0.3 is 5.97 Å². The van der Waals surface area contributed by atoms with Gasteiger partial charge in [0.15, 0.2) is 0 Å². The Morgan fingerprint density at radius 3 is 2.43 bits per heavy atom. The summed E-state index contributed by atoms with van der Waals surface area (Å²) in [5.74, 6) is -1.35. The number of carbonyl (C=O) groups excluding carboxylic acids is 1. The maximum Gasteiger partial charge on any atom is 0.311 e. The number of amides is 1. The SMILES string of the molecule is CCC(CC)(CNC(=O)c1ccc(C#N)c(C)n1)C(=O)O. The zero-order chi connectivity index (χ0) is 16.0. The van der Waals surface area contributed by atoms with E-state index in [-0.39, 0.29) is 12.2 Å². The lowest BCUT2D eigenvalue weighted by atomic mass is 9.82. The Balaban J connectivity index is 2.85. The third-order valence-corrected chi connectivity index (χ3v) is 3.83. The lowest BCUT2D eigenvalue weighted by Crippen LogP contribution is -2.42. The summed E-state index contributed by atoms with van der Waals surface area (Å²) in [5, 5.41) is 20.8. The highest BCUT2D eigenvalue weighted by molar-refractivity contribution is 5.92. The molecular formula is C15H19N3O3. The van der Waals surface area contributed by atoms with Gasteiger partial charge in [-0.2, -0.15) is 5.26 Å². The van der Waals surface area contributed by atoms with Crippen LogP contribution in [0.5, 0.6) is 0 Å². The topological polar surface area (TPSA) is 103 Å². The highest BCUT2D eigenvalue weighted by Gasteiger charge is 2.35. The molecule has 0 radical (unpaired) electrons. The zero-order valence-corrected chi connectivity index (χ0v) is 12.4. The van der Waals surface area contributed by atoms with E-state index in [2.05, 4.69) is 10.3 Å². The lowest BCUT2D eigenvalue weighted by Gasteiger charge is -2.26. The van der Waals surface area contributed by atoms with Crippen LogP contribution in [0, 0.1) is 23.7 Å². The van der Waals surface area contributed by atoms with Crippen LogP contribution >= 0.6 is 0 Å². The molecule has 6 nitrogen and oxygen atoms in total. The number of nitriles is 1. The van der Waals surface area contributed by atoms with E-state index < -0.39 is 17.3 Å². The molecule has 0 fully saturated rings. The third-order valence-electron chi connectivity index (χ3n) is 3.83. The number of hydrogen-bond donors (Lipinski definition) is 2. The van der Waals surface area contributed by atoms with Gasteiger partial charge < -0.3 is 10.4 Å². The number of aryl methyl sites for hydroxylation is 1. The van der Waals surface area contributed by atoms with Gasteiger partial charge in [-0.3, -0.25) is 9.59 Å². The Kier molecular flexibility index (Phi) is 5.42. The fourth-order valence-corrected chi connectivity index (χ4v) is 2.02. The van der Waals surface area contributed by atoms with Crippen molar-refractivity contribution in [1.29, 1.82) is 5.26 Å².